The van der Waals surface area contributed by atoms with Crippen LogP contribution in [0.5, 0.6) is 5.75 Å². The Morgan fingerprint density at radius 1 is 1.03 bits per heavy atom. The monoisotopic (exact) mass is 439 g/mol. The number of hydrogen-bond donors (Lipinski definition) is 1. The molecule has 5 rings (SSSR count). The van der Waals surface area contributed by atoms with E-state index in [0.717, 1.165) is 26.6 Å². The summed E-state index contributed by atoms with van der Waals surface area (Å²) >= 11 is 0. The molecule has 0 radical (unpaired) electrons. The Bertz CT molecular complexity index is 1530. The maximum atomic E-state index is 13.0. The molecule has 2 aromatic heterocycles. The molecule has 0 aliphatic carbocycles. The number of nitrogens with one attached hydrogen (secondary N) is 1. The van der Waals surface area contributed by atoms with E-state index >= 15 is 0 Å². The van der Waals surface area contributed by atoms with Gasteiger partial charge < -0.3 is 10.1 Å². The summed E-state index contributed by atoms with van der Waals surface area (Å²) in [4.78, 5) is 25.4. The molecule has 0 spiro atoms. The Labute approximate surface area is 189 Å². The van der Waals surface area contributed by atoms with E-state index in [1.807, 2.05) is 66.7 Å². The summed E-state index contributed by atoms with van der Waals surface area (Å²) in [6.45, 7) is 0.138. The molecular weight excluding hydrogens is 418 g/mol. The SMILES string of the molecule is COc1cccc(CNC(=O)Cn2ncn3nc(-c4cccc5ccccc45)cc3c2=O)c1. The van der Waals surface area contributed by atoms with Crippen LogP contribution in [0.2, 0.25) is 0 Å². The molecule has 0 fully saturated rings. The summed E-state index contributed by atoms with van der Waals surface area (Å²) in [5.41, 5.74) is 2.47. The first-order chi connectivity index (χ1) is 16.1. The van der Waals surface area contributed by atoms with Gasteiger partial charge in [0.1, 0.15) is 24.1 Å². The number of amides is 1. The van der Waals surface area contributed by atoms with Crippen molar-refractivity contribution in [3.05, 3.63) is 95.0 Å². The fourth-order valence-electron chi connectivity index (χ4n) is 3.81. The average Bonchev–Trinajstić information content (AvgIpc) is 3.29. The molecular formula is C25H21N5O3. The maximum Gasteiger partial charge on any atom is 0.293 e. The molecule has 5 aromatic rings. The first kappa shape index (κ1) is 20.4. The number of carbonyl (C=O) groups is 1. The predicted octanol–water partition coefficient (Wildman–Crippen LogP) is 3.04. The number of methoxy groups -OCH3 is 1. The van der Waals surface area contributed by atoms with Gasteiger partial charge in [0.25, 0.3) is 5.56 Å². The van der Waals surface area contributed by atoms with Gasteiger partial charge in [0.05, 0.1) is 12.8 Å². The third kappa shape index (κ3) is 4.06. The van der Waals surface area contributed by atoms with Crippen molar-refractivity contribution in [2.45, 2.75) is 13.1 Å². The van der Waals surface area contributed by atoms with Crippen molar-refractivity contribution in [3.8, 4) is 17.0 Å². The van der Waals surface area contributed by atoms with Gasteiger partial charge in [-0.15, -0.1) is 0 Å². The van der Waals surface area contributed by atoms with Gasteiger partial charge in [0, 0.05) is 12.1 Å². The lowest BCUT2D eigenvalue weighted by Gasteiger charge is -2.08. The van der Waals surface area contributed by atoms with Crippen LogP contribution in [0.3, 0.4) is 0 Å². The van der Waals surface area contributed by atoms with Crippen LogP contribution in [0.4, 0.5) is 0 Å². The Hall–Kier alpha value is -4.46. The van der Waals surface area contributed by atoms with E-state index in [1.165, 1.54) is 10.8 Å². The van der Waals surface area contributed by atoms with Crippen molar-refractivity contribution in [1.29, 1.82) is 0 Å². The van der Waals surface area contributed by atoms with Gasteiger partial charge in [-0.2, -0.15) is 10.2 Å². The summed E-state index contributed by atoms with van der Waals surface area (Å²) in [5.74, 6) is 0.401. The van der Waals surface area contributed by atoms with Crippen molar-refractivity contribution >= 4 is 22.2 Å². The summed E-state index contributed by atoms with van der Waals surface area (Å²) in [5, 5.41) is 13.6. The van der Waals surface area contributed by atoms with Gasteiger partial charge in [0.15, 0.2) is 0 Å². The van der Waals surface area contributed by atoms with Crippen LogP contribution < -0.4 is 15.6 Å². The lowest BCUT2D eigenvalue weighted by Crippen LogP contribution is -2.34. The first-order valence-electron chi connectivity index (χ1n) is 10.5. The molecule has 1 amide bonds. The zero-order chi connectivity index (χ0) is 22.8. The fraction of sp³-hybridized carbons (Fsp3) is 0.120. The van der Waals surface area contributed by atoms with Gasteiger partial charge in [0.2, 0.25) is 5.91 Å². The molecule has 0 unspecified atom stereocenters. The van der Waals surface area contributed by atoms with Crippen molar-refractivity contribution < 1.29 is 9.53 Å². The van der Waals surface area contributed by atoms with Crippen molar-refractivity contribution in [2.24, 2.45) is 0 Å². The van der Waals surface area contributed by atoms with Crippen molar-refractivity contribution in [2.75, 3.05) is 7.11 Å². The quantitative estimate of drug-likeness (QED) is 0.439. The van der Waals surface area contributed by atoms with Crippen molar-refractivity contribution in [1.82, 2.24) is 24.7 Å². The van der Waals surface area contributed by atoms with Crippen LogP contribution in [0.15, 0.2) is 83.9 Å². The largest absolute Gasteiger partial charge is 0.497 e. The molecule has 33 heavy (non-hydrogen) atoms. The molecule has 164 valence electrons. The van der Waals surface area contributed by atoms with E-state index in [-0.39, 0.29) is 18.0 Å². The summed E-state index contributed by atoms with van der Waals surface area (Å²) in [6.07, 6.45) is 1.45. The molecule has 3 aromatic carbocycles. The second kappa shape index (κ2) is 8.58. The van der Waals surface area contributed by atoms with Crippen LogP contribution in [0, 0.1) is 0 Å². The minimum Gasteiger partial charge on any atom is -0.497 e. The number of benzene rings is 3. The Morgan fingerprint density at radius 2 is 1.85 bits per heavy atom. The van der Waals surface area contributed by atoms with Crippen LogP contribution in [0.1, 0.15) is 5.56 Å². The molecule has 8 heteroatoms. The summed E-state index contributed by atoms with van der Waals surface area (Å²) < 4.78 is 7.79. The minimum absolute atomic E-state index is 0.186. The molecule has 0 bridgehead atoms. The second-order valence-electron chi connectivity index (χ2n) is 7.61. The molecule has 0 aliphatic rings. The number of hydrogen-bond acceptors (Lipinski definition) is 5. The number of rotatable bonds is 6. The third-order valence-corrected chi connectivity index (χ3v) is 5.47. The highest BCUT2D eigenvalue weighted by Gasteiger charge is 2.13. The van der Waals surface area contributed by atoms with Crippen LogP contribution in [0.25, 0.3) is 27.5 Å². The molecule has 2 heterocycles. The highest BCUT2D eigenvalue weighted by atomic mass is 16.5. The van der Waals surface area contributed by atoms with Gasteiger partial charge >= 0.3 is 0 Å². The van der Waals surface area contributed by atoms with Crippen LogP contribution in [-0.2, 0) is 17.9 Å². The zero-order valence-electron chi connectivity index (χ0n) is 17.9. The lowest BCUT2D eigenvalue weighted by atomic mass is 10.0. The van der Waals surface area contributed by atoms with Crippen LogP contribution >= 0.6 is 0 Å². The van der Waals surface area contributed by atoms with E-state index in [4.69, 9.17) is 4.74 Å². The Morgan fingerprint density at radius 3 is 2.73 bits per heavy atom. The van der Waals surface area contributed by atoms with E-state index < -0.39 is 0 Å². The fourth-order valence-corrected chi connectivity index (χ4v) is 3.81. The van der Waals surface area contributed by atoms with Crippen LogP contribution in [-0.4, -0.2) is 32.4 Å². The van der Waals surface area contributed by atoms with E-state index in [0.29, 0.717) is 23.5 Å². The molecule has 0 saturated heterocycles. The third-order valence-electron chi connectivity index (χ3n) is 5.47. The highest BCUT2D eigenvalue weighted by molar-refractivity contribution is 5.96. The van der Waals surface area contributed by atoms with E-state index in [2.05, 4.69) is 15.5 Å². The topological polar surface area (TPSA) is 90.5 Å². The van der Waals surface area contributed by atoms with Gasteiger partial charge in [-0.05, 0) is 34.5 Å². The van der Waals surface area contributed by atoms with Gasteiger partial charge in [-0.3, -0.25) is 9.59 Å². The Balaban J connectivity index is 1.38. The molecule has 8 nitrogen and oxygen atoms in total. The van der Waals surface area contributed by atoms with E-state index in [1.54, 1.807) is 13.2 Å². The number of ether oxygens (including phenoxy) is 1. The van der Waals surface area contributed by atoms with E-state index in [9.17, 15) is 9.59 Å². The molecule has 0 aliphatic heterocycles. The van der Waals surface area contributed by atoms with Crippen molar-refractivity contribution in [3.63, 3.8) is 0 Å². The lowest BCUT2D eigenvalue weighted by molar-refractivity contribution is -0.122. The zero-order valence-corrected chi connectivity index (χ0v) is 17.9. The smallest absolute Gasteiger partial charge is 0.293 e. The molecule has 0 saturated carbocycles. The van der Waals surface area contributed by atoms with Gasteiger partial charge in [-0.1, -0.05) is 54.6 Å². The highest BCUT2D eigenvalue weighted by Crippen LogP contribution is 2.27. The molecule has 1 N–H and O–H groups in total. The summed E-state index contributed by atoms with van der Waals surface area (Å²) in [7, 11) is 1.59. The standard InChI is InChI=1S/C25H21N5O3/c1-33-19-9-4-6-17(12-19)14-26-24(31)15-29-25(32)23-13-22(28-30(23)16-27-29)21-11-5-8-18-7-2-3-10-20(18)21/h2-13,16H,14-15H2,1H3,(H,26,31). The maximum absolute atomic E-state index is 13.0. The Kier molecular flexibility index (Phi) is 5.32. The summed E-state index contributed by atoms with van der Waals surface area (Å²) in [6, 6.07) is 23.1. The predicted molar refractivity (Wildman–Crippen MR) is 125 cm³/mol. The second-order valence-corrected chi connectivity index (χ2v) is 7.61. The molecule has 0 atom stereocenters. The minimum atomic E-state index is -0.381. The number of aromatic nitrogens is 4. The first-order valence-corrected chi connectivity index (χ1v) is 10.5. The van der Waals surface area contributed by atoms with Gasteiger partial charge in [-0.25, -0.2) is 9.20 Å². The average molecular weight is 439 g/mol. The number of carbonyl (C=O) groups excluding carboxylic acids is 1. The number of fused-ring (bicyclic) bond motifs is 2. The normalized spacial score (nSPS) is 11.1. The number of nitrogens with zero attached hydrogens (tertiary/aromatic N) is 4.